The lowest BCUT2D eigenvalue weighted by Gasteiger charge is -2.26. The number of ether oxygens (including phenoxy) is 1. The molecule has 0 saturated carbocycles. The predicted octanol–water partition coefficient (Wildman–Crippen LogP) is 4.03. The highest BCUT2D eigenvalue weighted by Crippen LogP contribution is 2.30. The highest BCUT2D eigenvalue weighted by atomic mass is 35.5. The van der Waals surface area contributed by atoms with Crippen molar-refractivity contribution in [1.82, 2.24) is 13.9 Å². The number of imidazole rings is 1. The van der Waals surface area contributed by atoms with Gasteiger partial charge in [-0.3, -0.25) is 10.1 Å². The third-order valence-corrected chi connectivity index (χ3v) is 7.75. The second-order valence-corrected chi connectivity index (χ2v) is 9.99. The van der Waals surface area contributed by atoms with Gasteiger partial charge in [-0.05, 0) is 43.7 Å². The van der Waals surface area contributed by atoms with Gasteiger partial charge in [-0.1, -0.05) is 23.7 Å². The quantitative estimate of drug-likeness (QED) is 0.381. The molecule has 0 unspecified atom stereocenters. The van der Waals surface area contributed by atoms with E-state index in [1.165, 1.54) is 10.4 Å². The van der Waals surface area contributed by atoms with E-state index >= 15 is 0 Å². The van der Waals surface area contributed by atoms with Gasteiger partial charge in [0.2, 0.25) is 10.0 Å². The molecule has 0 amide bonds. The van der Waals surface area contributed by atoms with Crippen molar-refractivity contribution in [1.29, 1.82) is 0 Å². The Hall–Kier alpha value is -2.79. The normalized spacial score (nSPS) is 15.8. The van der Waals surface area contributed by atoms with Crippen LogP contribution < -0.4 is 0 Å². The van der Waals surface area contributed by atoms with E-state index in [0.717, 1.165) is 5.52 Å². The number of benzene rings is 2. The maximum Gasteiger partial charge on any atom is 0.272 e. The average Bonchev–Trinajstić information content (AvgIpc) is 3.18. The van der Waals surface area contributed by atoms with Gasteiger partial charge in [0.25, 0.3) is 5.69 Å². The van der Waals surface area contributed by atoms with Gasteiger partial charge in [-0.2, -0.15) is 4.31 Å². The van der Waals surface area contributed by atoms with E-state index in [-0.39, 0.29) is 10.6 Å². The summed E-state index contributed by atoms with van der Waals surface area (Å²) in [6, 6.07) is 9.73. The third kappa shape index (κ3) is 4.51. The Balaban J connectivity index is 1.75. The smallest absolute Gasteiger partial charge is 0.272 e. The summed E-state index contributed by atoms with van der Waals surface area (Å²) in [6.07, 6.45) is 1.62. The van der Waals surface area contributed by atoms with E-state index in [2.05, 4.69) is 4.98 Å². The van der Waals surface area contributed by atoms with E-state index in [9.17, 15) is 18.5 Å². The van der Waals surface area contributed by atoms with Crippen LogP contribution in [0.15, 0.2) is 41.3 Å². The average molecular weight is 491 g/mol. The van der Waals surface area contributed by atoms with Gasteiger partial charge in [0, 0.05) is 31.3 Å². The van der Waals surface area contributed by atoms with Crippen molar-refractivity contribution in [2.75, 3.05) is 26.3 Å². The summed E-state index contributed by atoms with van der Waals surface area (Å²) in [5.74, 6) is 0.457. The van der Waals surface area contributed by atoms with Crippen LogP contribution in [-0.4, -0.2) is 53.5 Å². The summed E-state index contributed by atoms with van der Waals surface area (Å²) >= 11 is 6.59. The number of halogens is 1. The Bertz CT molecular complexity index is 1360. The van der Waals surface area contributed by atoms with Crippen LogP contribution in [0, 0.1) is 17.0 Å². The molecule has 1 aromatic heterocycles. The standard InChI is InChI=1S/C22H23ClN4O5S/c1-3-26-20-7-6-17(33(30,31)25-8-10-32-11-9-25)14-19(20)24-22(26)18(23)12-16-5-4-15(2)21(13-16)27(28)29/h4-7,12-14H,3,8-11H2,1-2H3/b18-12-. The maximum atomic E-state index is 13.0. The molecule has 3 aromatic rings. The summed E-state index contributed by atoms with van der Waals surface area (Å²) in [6.45, 7) is 5.52. The molecule has 1 fully saturated rings. The number of aromatic nitrogens is 2. The lowest BCUT2D eigenvalue weighted by atomic mass is 10.1. The van der Waals surface area contributed by atoms with Crippen LogP contribution in [0.4, 0.5) is 5.69 Å². The molecule has 1 saturated heterocycles. The summed E-state index contributed by atoms with van der Waals surface area (Å²) < 4.78 is 34.6. The van der Waals surface area contributed by atoms with Crippen LogP contribution in [0.3, 0.4) is 0 Å². The molecule has 33 heavy (non-hydrogen) atoms. The fraction of sp³-hybridized carbons (Fsp3) is 0.318. The van der Waals surface area contributed by atoms with Crippen molar-refractivity contribution in [2.45, 2.75) is 25.3 Å². The third-order valence-electron chi connectivity index (χ3n) is 5.58. The number of hydrogen-bond donors (Lipinski definition) is 0. The number of nitro benzene ring substituents is 1. The lowest BCUT2D eigenvalue weighted by Crippen LogP contribution is -2.40. The van der Waals surface area contributed by atoms with Crippen LogP contribution in [-0.2, 0) is 21.3 Å². The minimum absolute atomic E-state index is 0.00942. The van der Waals surface area contributed by atoms with Crippen molar-refractivity contribution in [2.24, 2.45) is 0 Å². The molecule has 174 valence electrons. The van der Waals surface area contributed by atoms with Crippen LogP contribution in [0.2, 0.25) is 0 Å². The summed E-state index contributed by atoms with van der Waals surface area (Å²) in [5.41, 5.74) is 2.39. The van der Waals surface area contributed by atoms with E-state index in [4.69, 9.17) is 16.3 Å². The number of fused-ring (bicyclic) bond motifs is 1. The number of morpholine rings is 1. The van der Waals surface area contributed by atoms with Gasteiger partial charge in [0.1, 0.15) is 0 Å². The zero-order valence-electron chi connectivity index (χ0n) is 18.2. The molecule has 0 spiro atoms. The Morgan fingerprint density at radius 2 is 1.97 bits per heavy atom. The maximum absolute atomic E-state index is 13.0. The van der Waals surface area contributed by atoms with Gasteiger partial charge >= 0.3 is 0 Å². The highest BCUT2D eigenvalue weighted by molar-refractivity contribution is 7.89. The van der Waals surface area contributed by atoms with Crippen LogP contribution >= 0.6 is 11.6 Å². The van der Waals surface area contributed by atoms with E-state index < -0.39 is 14.9 Å². The molecule has 1 aliphatic rings. The molecule has 11 heteroatoms. The van der Waals surface area contributed by atoms with Gasteiger partial charge in [0.05, 0.1) is 39.1 Å². The van der Waals surface area contributed by atoms with Gasteiger partial charge in [0.15, 0.2) is 5.82 Å². The largest absolute Gasteiger partial charge is 0.379 e. The fourth-order valence-corrected chi connectivity index (χ4v) is 5.53. The molecule has 2 heterocycles. The Kier molecular flexibility index (Phi) is 6.53. The minimum atomic E-state index is -3.66. The highest BCUT2D eigenvalue weighted by Gasteiger charge is 2.27. The van der Waals surface area contributed by atoms with E-state index in [1.807, 2.05) is 11.5 Å². The first kappa shape index (κ1) is 23.4. The Morgan fingerprint density at radius 3 is 2.64 bits per heavy atom. The van der Waals surface area contributed by atoms with E-state index in [0.29, 0.717) is 60.3 Å². The van der Waals surface area contributed by atoms with Gasteiger partial charge in [-0.25, -0.2) is 13.4 Å². The first-order valence-corrected chi connectivity index (χ1v) is 12.2. The molecular weight excluding hydrogens is 468 g/mol. The monoisotopic (exact) mass is 490 g/mol. The zero-order chi connectivity index (χ0) is 23.8. The van der Waals surface area contributed by atoms with Crippen molar-refractivity contribution in [3.8, 4) is 0 Å². The summed E-state index contributed by atoms with van der Waals surface area (Å²) in [7, 11) is -3.66. The van der Waals surface area contributed by atoms with Crippen LogP contribution in [0.5, 0.6) is 0 Å². The lowest BCUT2D eigenvalue weighted by molar-refractivity contribution is -0.385. The topological polar surface area (TPSA) is 108 Å². The molecule has 0 N–H and O–H groups in total. The van der Waals surface area contributed by atoms with Crippen molar-refractivity contribution in [3.05, 3.63) is 63.5 Å². The van der Waals surface area contributed by atoms with Crippen molar-refractivity contribution < 1.29 is 18.1 Å². The molecule has 0 bridgehead atoms. The van der Waals surface area contributed by atoms with Crippen molar-refractivity contribution in [3.63, 3.8) is 0 Å². The number of nitro groups is 1. The molecule has 2 aromatic carbocycles. The molecule has 0 atom stereocenters. The molecule has 9 nitrogen and oxygen atoms in total. The molecule has 1 aliphatic heterocycles. The zero-order valence-corrected chi connectivity index (χ0v) is 19.8. The number of hydrogen-bond acceptors (Lipinski definition) is 6. The Labute approximate surface area is 196 Å². The second-order valence-electron chi connectivity index (χ2n) is 7.64. The first-order valence-electron chi connectivity index (χ1n) is 10.4. The minimum Gasteiger partial charge on any atom is -0.379 e. The van der Waals surface area contributed by atoms with Crippen LogP contribution in [0.25, 0.3) is 22.1 Å². The number of nitrogens with zero attached hydrogens (tertiary/aromatic N) is 4. The van der Waals surface area contributed by atoms with Crippen LogP contribution in [0.1, 0.15) is 23.9 Å². The summed E-state index contributed by atoms with van der Waals surface area (Å²) in [4.78, 5) is 15.6. The molecule has 0 radical (unpaired) electrons. The predicted molar refractivity (Wildman–Crippen MR) is 127 cm³/mol. The number of aryl methyl sites for hydroxylation is 2. The second kappa shape index (κ2) is 9.22. The number of rotatable bonds is 6. The molecular formula is C22H23ClN4O5S. The van der Waals surface area contributed by atoms with E-state index in [1.54, 1.807) is 43.3 Å². The van der Waals surface area contributed by atoms with Gasteiger partial charge < -0.3 is 9.30 Å². The fourth-order valence-electron chi connectivity index (χ4n) is 3.83. The summed E-state index contributed by atoms with van der Waals surface area (Å²) in [5, 5.41) is 11.5. The molecule has 4 rings (SSSR count). The first-order chi connectivity index (χ1) is 15.7. The SMILES string of the molecule is CCn1c(/C(Cl)=C/c2ccc(C)c([N+](=O)[O-])c2)nc2cc(S(=O)(=O)N3CCOCC3)ccc21. The van der Waals surface area contributed by atoms with Crippen molar-refractivity contribution >= 4 is 49.5 Å². The Morgan fingerprint density at radius 1 is 1.24 bits per heavy atom. The van der Waals surface area contributed by atoms with Gasteiger partial charge in [-0.15, -0.1) is 0 Å². The molecule has 0 aliphatic carbocycles. The number of sulfonamides is 1.